The molecule has 0 saturated carbocycles. The number of carbonyl (C=O) groups is 1. The fourth-order valence-electron chi connectivity index (χ4n) is 6.11. The van der Waals surface area contributed by atoms with E-state index in [4.69, 9.17) is 16.5 Å². The van der Waals surface area contributed by atoms with Crippen molar-refractivity contribution >= 4 is 39.8 Å². The van der Waals surface area contributed by atoms with E-state index in [9.17, 15) is 18.7 Å². The first-order valence-electron chi connectivity index (χ1n) is 13.4. The van der Waals surface area contributed by atoms with Gasteiger partial charge in [0.05, 0.1) is 35.4 Å². The lowest BCUT2D eigenvalue weighted by Crippen LogP contribution is -2.35. The van der Waals surface area contributed by atoms with Gasteiger partial charge in [0.1, 0.15) is 29.3 Å². The number of hydrogen-bond acceptors (Lipinski definition) is 6. The first-order chi connectivity index (χ1) is 19.9. The fourth-order valence-corrected chi connectivity index (χ4v) is 6.11. The van der Waals surface area contributed by atoms with Gasteiger partial charge in [0.15, 0.2) is 5.65 Å². The molecule has 5 aromatic rings. The minimum Gasteiger partial charge on any atom is -0.480 e. The Labute approximate surface area is 232 Å². The quantitative estimate of drug-likeness (QED) is 0.277. The van der Waals surface area contributed by atoms with Crippen LogP contribution >= 0.6 is 0 Å². The lowest BCUT2D eigenvalue weighted by molar-refractivity contribution is -0.138. The number of carboxylic acid groups (broad SMARTS) is 1. The van der Waals surface area contributed by atoms with Crippen LogP contribution in [0, 0.1) is 18.2 Å². The van der Waals surface area contributed by atoms with Crippen LogP contribution in [-0.2, 0) is 4.79 Å². The maximum Gasteiger partial charge on any atom is 0.326 e. The molecule has 2 N–H and O–H groups in total. The molecule has 2 fully saturated rings. The van der Waals surface area contributed by atoms with Gasteiger partial charge in [-0.3, -0.25) is 0 Å². The second-order valence-corrected chi connectivity index (χ2v) is 10.4. The molecule has 2 atom stereocenters. The number of benzene rings is 2. The highest BCUT2D eigenvalue weighted by atomic mass is 19.1. The highest BCUT2D eigenvalue weighted by Crippen LogP contribution is 2.39. The van der Waals surface area contributed by atoms with Crippen LogP contribution in [0.2, 0.25) is 0 Å². The third-order valence-electron chi connectivity index (χ3n) is 8.02. The maximum atomic E-state index is 14.7. The van der Waals surface area contributed by atoms with Crippen LogP contribution < -0.4 is 9.80 Å². The summed E-state index contributed by atoms with van der Waals surface area (Å²) in [5, 5.41) is 14.1. The van der Waals surface area contributed by atoms with Crippen molar-refractivity contribution < 1.29 is 18.7 Å². The molecule has 206 valence electrons. The number of imidazole rings is 1. The number of carboxylic acids is 1. The summed E-state index contributed by atoms with van der Waals surface area (Å²) in [4.78, 5) is 32.1. The van der Waals surface area contributed by atoms with Crippen molar-refractivity contribution in [2.75, 3.05) is 22.9 Å². The molecule has 0 radical (unpaired) electrons. The van der Waals surface area contributed by atoms with Crippen molar-refractivity contribution in [1.82, 2.24) is 24.6 Å². The number of hydrogen-bond donors (Lipinski definition) is 2. The van der Waals surface area contributed by atoms with Crippen molar-refractivity contribution in [3.05, 3.63) is 77.4 Å². The van der Waals surface area contributed by atoms with Gasteiger partial charge >= 0.3 is 5.97 Å². The molecule has 2 aliphatic heterocycles. The van der Waals surface area contributed by atoms with E-state index >= 15 is 0 Å². The first-order valence-corrected chi connectivity index (χ1v) is 13.4. The van der Waals surface area contributed by atoms with Crippen molar-refractivity contribution in [2.24, 2.45) is 0 Å². The van der Waals surface area contributed by atoms with E-state index in [1.54, 1.807) is 40.0 Å². The standard InChI is InChI=1S/C29H24F2N8O2/c1-32-22-13-20-21(14-25(22)37-9-3-5-24(37)29(40)41)35-27(34-20)18-15-33-39-11-8-26(36-28(18)39)38-10-2-4-23(38)17-12-16(30)6-7-19(17)31/h6-8,11-15,23-24H,2-5,9-10H2,(H,34,35)(H,40,41)/t23-,24+/m1/s1. The van der Waals surface area contributed by atoms with E-state index in [1.807, 2.05) is 4.90 Å². The predicted molar refractivity (Wildman–Crippen MR) is 148 cm³/mol. The van der Waals surface area contributed by atoms with Crippen molar-refractivity contribution in [3.8, 4) is 11.4 Å². The lowest BCUT2D eigenvalue weighted by atomic mass is 10.0. The second-order valence-electron chi connectivity index (χ2n) is 10.4. The van der Waals surface area contributed by atoms with Crippen LogP contribution in [0.1, 0.15) is 37.3 Å². The number of H-pyrrole nitrogens is 1. The van der Waals surface area contributed by atoms with Crippen molar-refractivity contribution in [3.63, 3.8) is 0 Å². The minimum absolute atomic E-state index is 0.310. The maximum absolute atomic E-state index is 14.7. The molecular weight excluding hydrogens is 530 g/mol. The SMILES string of the molecule is [C-]#[N+]c1cc2[nH]c(-c3cnn4ccc(N5CCC[C@@H]5c5cc(F)ccc5F)nc34)nc2cc1N1CCC[C@H]1C(=O)O. The average Bonchev–Trinajstić information content (AvgIpc) is 3.77. The molecule has 0 bridgehead atoms. The molecule has 41 heavy (non-hydrogen) atoms. The highest BCUT2D eigenvalue weighted by molar-refractivity contribution is 5.93. The molecule has 2 aromatic carbocycles. The summed E-state index contributed by atoms with van der Waals surface area (Å²) < 4.78 is 30.2. The molecule has 3 aromatic heterocycles. The van der Waals surface area contributed by atoms with Crippen LogP contribution in [-0.4, -0.2) is 54.8 Å². The second kappa shape index (κ2) is 9.55. The summed E-state index contributed by atoms with van der Waals surface area (Å²) in [5.41, 5.74) is 3.61. The van der Waals surface area contributed by atoms with Gasteiger partial charge in [-0.1, -0.05) is 0 Å². The van der Waals surface area contributed by atoms with E-state index < -0.39 is 23.6 Å². The van der Waals surface area contributed by atoms with Gasteiger partial charge in [-0.15, -0.1) is 0 Å². The van der Waals surface area contributed by atoms with Gasteiger partial charge in [0.2, 0.25) is 5.69 Å². The normalized spacial score (nSPS) is 19.0. The zero-order chi connectivity index (χ0) is 28.2. The van der Waals surface area contributed by atoms with Crippen LogP contribution in [0.3, 0.4) is 0 Å². The number of nitrogens with zero attached hydrogens (tertiary/aromatic N) is 7. The lowest BCUT2D eigenvalue weighted by Gasteiger charge is -2.26. The summed E-state index contributed by atoms with van der Waals surface area (Å²) in [7, 11) is 0. The van der Waals surface area contributed by atoms with E-state index in [0.717, 1.165) is 25.0 Å². The van der Waals surface area contributed by atoms with Gasteiger partial charge in [0.25, 0.3) is 0 Å². The number of anilines is 2. The molecule has 2 aliphatic rings. The molecule has 0 aliphatic carbocycles. The Balaban J connectivity index is 1.28. The molecular formula is C29H24F2N8O2. The number of fused-ring (bicyclic) bond motifs is 2. The number of halogens is 2. The molecule has 5 heterocycles. The molecule has 0 unspecified atom stereocenters. The summed E-state index contributed by atoms with van der Waals surface area (Å²) in [6.45, 7) is 8.91. The van der Waals surface area contributed by atoms with Gasteiger partial charge in [-0.2, -0.15) is 5.10 Å². The summed E-state index contributed by atoms with van der Waals surface area (Å²) >= 11 is 0. The molecule has 10 nitrogen and oxygen atoms in total. The van der Waals surface area contributed by atoms with Gasteiger partial charge in [-0.05, 0) is 62.1 Å². The Kier molecular flexibility index (Phi) is 5.81. The van der Waals surface area contributed by atoms with Crippen molar-refractivity contribution in [2.45, 2.75) is 37.8 Å². The Bertz CT molecular complexity index is 1880. The Hall–Kier alpha value is -5.05. The number of aliphatic carboxylic acids is 1. The third-order valence-corrected chi connectivity index (χ3v) is 8.02. The minimum atomic E-state index is -0.908. The fraction of sp³-hybridized carbons (Fsp3) is 0.276. The zero-order valence-electron chi connectivity index (χ0n) is 21.8. The zero-order valence-corrected chi connectivity index (χ0v) is 21.8. The average molecular weight is 555 g/mol. The summed E-state index contributed by atoms with van der Waals surface area (Å²) in [6, 6.07) is 7.77. The molecule has 12 heteroatoms. The summed E-state index contributed by atoms with van der Waals surface area (Å²) in [6.07, 6.45) is 6.17. The topological polar surface area (TPSA) is 107 Å². The van der Waals surface area contributed by atoms with Crippen LogP contribution in [0.5, 0.6) is 0 Å². The number of nitrogens with one attached hydrogen (secondary N) is 1. The van der Waals surface area contributed by atoms with E-state index in [0.29, 0.717) is 76.8 Å². The molecule has 0 spiro atoms. The Morgan fingerprint density at radius 3 is 2.73 bits per heavy atom. The highest BCUT2D eigenvalue weighted by Gasteiger charge is 2.33. The summed E-state index contributed by atoms with van der Waals surface area (Å²) in [5.74, 6) is -0.716. The third kappa shape index (κ3) is 4.12. The first kappa shape index (κ1) is 25.0. The van der Waals surface area contributed by atoms with Crippen LogP contribution in [0.15, 0.2) is 48.8 Å². The van der Waals surface area contributed by atoms with Crippen LogP contribution in [0.25, 0.3) is 32.9 Å². The molecule has 2 saturated heterocycles. The Morgan fingerprint density at radius 2 is 1.90 bits per heavy atom. The predicted octanol–water partition coefficient (Wildman–Crippen LogP) is 5.50. The smallest absolute Gasteiger partial charge is 0.326 e. The van der Waals surface area contributed by atoms with Gasteiger partial charge < -0.3 is 19.9 Å². The molecule has 7 rings (SSSR count). The monoisotopic (exact) mass is 554 g/mol. The van der Waals surface area contributed by atoms with Gasteiger partial charge in [-0.25, -0.2) is 32.9 Å². The van der Waals surface area contributed by atoms with E-state index in [1.165, 1.54) is 6.07 Å². The number of rotatable bonds is 5. The Morgan fingerprint density at radius 1 is 1.07 bits per heavy atom. The van der Waals surface area contributed by atoms with E-state index in [2.05, 4.69) is 14.9 Å². The van der Waals surface area contributed by atoms with Gasteiger partial charge in [0, 0.05) is 30.5 Å². The number of aromatic nitrogens is 5. The van der Waals surface area contributed by atoms with Crippen molar-refractivity contribution in [1.29, 1.82) is 0 Å². The number of aromatic amines is 1. The largest absolute Gasteiger partial charge is 0.480 e. The van der Waals surface area contributed by atoms with E-state index in [-0.39, 0.29) is 6.04 Å². The molecule has 0 amide bonds. The van der Waals surface area contributed by atoms with Crippen LogP contribution in [0.4, 0.5) is 26.0 Å².